The zero-order valence-electron chi connectivity index (χ0n) is 9.19. The second-order valence-electron chi connectivity index (χ2n) is 4.21. The van der Waals surface area contributed by atoms with E-state index in [9.17, 15) is 9.59 Å². The summed E-state index contributed by atoms with van der Waals surface area (Å²) in [6, 6.07) is -0.380. The minimum atomic E-state index is -0.232. The summed E-state index contributed by atoms with van der Waals surface area (Å²) in [6.07, 6.45) is 1.79. The second kappa shape index (κ2) is 3.90. The minimum absolute atomic E-state index is 0.0393. The maximum atomic E-state index is 12.0. The van der Waals surface area contributed by atoms with Crippen molar-refractivity contribution >= 4 is 11.7 Å². The predicted molar refractivity (Wildman–Crippen MR) is 55.0 cm³/mol. The molecule has 2 atom stereocenters. The number of amides is 1. The van der Waals surface area contributed by atoms with Crippen LogP contribution >= 0.6 is 0 Å². The van der Waals surface area contributed by atoms with Crippen molar-refractivity contribution in [1.82, 2.24) is 15.3 Å². The van der Waals surface area contributed by atoms with Gasteiger partial charge in [0.15, 0.2) is 5.78 Å². The molecule has 0 radical (unpaired) electrons. The van der Waals surface area contributed by atoms with Gasteiger partial charge in [0, 0.05) is 13.1 Å². The first-order valence-electron chi connectivity index (χ1n) is 5.41. The lowest BCUT2D eigenvalue weighted by atomic mass is 10.1. The van der Waals surface area contributed by atoms with Crippen molar-refractivity contribution in [3.63, 3.8) is 0 Å². The van der Waals surface area contributed by atoms with Crippen molar-refractivity contribution in [3.05, 3.63) is 0 Å². The molecule has 2 aliphatic heterocycles. The average molecular weight is 211 g/mol. The van der Waals surface area contributed by atoms with E-state index in [1.807, 2.05) is 5.01 Å². The molecule has 2 unspecified atom stereocenters. The summed E-state index contributed by atoms with van der Waals surface area (Å²) in [7, 11) is 1.78. The van der Waals surface area contributed by atoms with Crippen molar-refractivity contribution in [2.75, 3.05) is 20.1 Å². The van der Waals surface area contributed by atoms with Gasteiger partial charge in [-0.1, -0.05) is 0 Å². The number of ketones is 1. The number of Topliss-reactive ketones (excluding diaryl/α,β-unsaturated/α-hetero) is 1. The molecule has 2 saturated heterocycles. The number of likely N-dealkylation sites (N-methyl/N-ethyl adjacent to an activating group) is 1. The molecule has 84 valence electrons. The Hall–Kier alpha value is -0.940. The van der Waals surface area contributed by atoms with Crippen LogP contribution in [0.4, 0.5) is 0 Å². The van der Waals surface area contributed by atoms with Crippen molar-refractivity contribution < 1.29 is 9.59 Å². The number of carbonyl (C=O) groups excluding carboxylic acids is 2. The number of fused-ring (bicyclic) bond motifs is 1. The van der Waals surface area contributed by atoms with E-state index in [2.05, 4.69) is 5.32 Å². The highest BCUT2D eigenvalue weighted by Gasteiger charge is 2.44. The van der Waals surface area contributed by atoms with E-state index in [0.717, 1.165) is 19.4 Å². The first-order chi connectivity index (χ1) is 7.15. The summed E-state index contributed by atoms with van der Waals surface area (Å²) in [4.78, 5) is 23.4. The number of rotatable bonds is 2. The van der Waals surface area contributed by atoms with Gasteiger partial charge in [-0.3, -0.25) is 14.6 Å². The normalized spacial score (nSPS) is 31.9. The molecule has 0 bridgehead atoms. The van der Waals surface area contributed by atoms with Crippen molar-refractivity contribution in [2.45, 2.75) is 31.8 Å². The molecule has 0 aromatic rings. The zero-order valence-corrected chi connectivity index (χ0v) is 9.19. The summed E-state index contributed by atoms with van der Waals surface area (Å²) < 4.78 is 0. The van der Waals surface area contributed by atoms with Gasteiger partial charge in [0.05, 0.1) is 0 Å². The van der Waals surface area contributed by atoms with Gasteiger partial charge in [-0.15, -0.1) is 0 Å². The smallest absolute Gasteiger partial charge is 0.256 e. The van der Waals surface area contributed by atoms with E-state index in [1.165, 1.54) is 0 Å². The van der Waals surface area contributed by atoms with Crippen LogP contribution in [0.5, 0.6) is 0 Å². The van der Waals surface area contributed by atoms with Gasteiger partial charge in [-0.2, -0.15) is 0 Å². The molecule has 0 aromatic carbocycles. The molecule has 2 rings (SSSR count). The molecule has 1 N–H and O–H groups in total. The Morgan fingerprint density at radius 3 is 2.87 bits per heavy atom. The van der Waals surface area contributed by atoms with Crippen LogP contribution in [-0.2, 0) is 9.59 Å². The lowest BCUT2D eigenvalue weighted by Crippen LogP contribution is -2.53. The van der Waals surface area contributed by atoms with Gasteiger partial charge in [-0.25, -0.2) is 5.01 Å². The Labute approximate surface area is 89.4 Å². The van der Waals surface area contributed by atoms with E-state index < -0.39 is 0 Å². The van der Waals surface area contributed by atoms with Crippen LogP contribution in [0.1, 0.15) is 19.8 Å². The lowest BCUT2D eigenvalue weighted by molar-refractivity contribution is -0.154. The molecule has 2 fully saturated rings. The first-order valence-corrected chi connectivity index (χ1v) is 5.41. The van der Waals surface area contributed by atoms with Crippen molar-refractivity contribution in [1.29, 1.82) is 0 Å². The maximum absolute atomic E-state index is 12.0. The predicted octanol–water partition coefficient (Wildman–Crippen LogP) is -0.615. The molecule has 15 heavy (non-hydrogen) atoms. The van der Waals surface area contributed by atoms with Crippen LogP contribution in [0.15, 0.2) is 0 Å². The topological polar surface area (TPSA) is 52.7 Å². The Morgan fingerprint density at radius 1 is 1.53 bits per heavy atom. The second-order valence-corrected chi connectivity index (χ2v) is 4.21. The third-order valence-corrected chi connectivity index (χ3v) is 3.23. The SMILES string of the molecule is CNC1CN2CCCC(C(C)=O)N2C1=O. The fraction of sp³-hybridized carbons (Fsp3) is 0.800. The van der Waals surface area contributed by atoms with Crippen LogP contribution in [0.3, 0.4) is 0 Å². The van der Waals surface area contributed by atoms with Crippen LogP contribution in [0, 0.1) is 0 Å². The Bertz CT molecular complexity index is 292. The monoisotopic (exact) mass is 211 g/mol. The summed E-state index contributed by atoms with van der Waals surface area (Å²) in [5, 5.41) is 6.64. The summed E-state index contributed by atoms with van der Waals surface area (Å²) in [5.41, 5.74) is 0. The number of hydrazine groups is 1. The Kier molecular flexibility index (Phi) is 2.75. The van der Waals surface area contributed by atoms with E-state index in [0.29, 0.717) is 6.54 Å². The Balaban J connectivity index is 2.20. The minimum Gasteiger partial charge on any atom is -0.308 e. The van der Waals surface area contributed by atoms with Crippen LogP contribution in [0.25, 0.3) is 0 Å². The third kappa shape index (κ3) is 1.66. The fourth-order valence-corrected chi connectivity index (χ4v) is 2.41. The van der Waals surface area contributed by atoms with Crippen molar-refractivity contribution in [3.8, 4) is 0 Å². The lowest BCUT2D eigenvalue weighted by Gasteiger charge is -2.37. The average Bonchev–Trinajstić information content (AvgIpc) is 2.55. The maximum Gasteiger partial charge on any atom is 0.256 e. The number of hydrogen-bond acceptors (Lipinski definition) is 4. The fourth-order valence-electron chi connectivity index (χ4n) is 2.41. The van der Waals surface area contributed by atoms with Crippen molar-refractivity contribution in [2.24, 2.45) is 0 Å². The largest absolute Gasteiger partial charge is 0.308 e. The van der Waals surface area contributed by atoms with E-state index in [1.54, 1.807) is 19.0 Å². The van der Waals surface area contributed by atoms with E-state index in [4.69, 9.17) is 0 Å². The highest BCUT2D eigenvalue weighted by molar-refractivity contribution is 5.90. The van der Waals surface area contributed by atoms with Gasteiger partial charge < -0.3 is 5.32 Å². The quantitative estimate of drug-likeness (QED) is 0.661. The first kappa shape index (κ1) is 10.6. The van der Waals surface area contributed by atoms with Gasteiger partial charge in [0.2, 0.25) is 0 Å². The molecule has 2 heterocycles. The van der Waals surface area contributed by atoms with E-state index in [-0.39, 0.29) is 23.8 Å². The molecule has 2 aliphatic rings. The van der Waals surface area contributed by atoms with Gasteiger partial charge in [-0.05, 0) is 26.8 Å². The molecule has 0 saturated carbocycles. The van der Waals surface area contributed by atoms with Gasteiger partial charge in [0.25, 0.3) is 5.91 Å². The zero-order chi connectivity index (χ0) is 11.0. The number of nitrogens with zero attached hydrogens (tertiary/aromatic N) is 2. The number of carbonyl (C=O) groups is 2. The molecule has 0 aromatic heterocycles. The van der Waals surface area contributed by atoms with Gasteiger partial charge >= 0.3 is 0 Å². The number of nitrogens with one attached hydrogen (secondary N) is 1. The molecule has 1 amide bonds. The summed E-state index contributed by atoms with van der Waals surface area (Å²) >= 11 is 0. The molecule has 5 nitrogen and oxygen atoms in total. The van der Waals surface area contributed by atoms with Gasteiger partial charge in [0.1, 0.15) is 12.1 Å². The molecule has 0 spiro atoms. The highest BCUT2D eigenvalue weighted by Crippen LogP contribution is 2.24. The van der Waals surface area contributed by atoms with E-state index >= 15 is 0 Å². The van der Waals surface area contributed by atoms with Crippen LogP contribution in [0.2, 0.25) is 0 Å². The third-order valence-electron chi connectivity index (χ3n) is 3.23. The summed E-state index contributed by atoms with van der Waals surface area (Å²) in [5.74, 6) is 0.127. The molecule has 0 aliphatic carbocycles. The highest BCUT2D eigenvalue weighted by atomic mass is 16.2. The molecular formula is C10H17N3O2. The summed E-state index contributed by atoms with van der Waals surface area (Å²) in [6.45, 7) is 3.14. The van der Waals surface area contributed by atoms with Crippen LogP contribution < -0.4 is 5.32 Å². The standard InChI is InChI=1S/C10H17N3O2/c1-7(14)9-4-3-5-12-6-8(11-2)10(15)13(9)12/h8-9,11H,3-6H2,1-2H3. The van der Waals surface area contributed by atoms with Crippen LogP contribution in [-0.4, -0.2) is 53.9 Å². The molecule has 5 heteroatoms. The Morgan fingerprint density at radius 2 is 2.27 bits per heavy atom. The number of hydrogen-bond donors (Lipinski definition) is 1. The molecular weight excluding hydrogens is 194 g/mol.